The quantitative estimate of drug-likeness (QED) is 0.565. The van der Waals surface area contributed by atoms with E-state index in [9.17, 15) is 23.1 Å². The number of hydrogen-bond acceptors (Lipinski definition) is 4. The fourth-order valence-corrected chi connectivity index (χ4v) is 3.96. The molecule has 2 aliphatic carbocycles. The third kappa shape index (κ3) is 4.11. The molecule has 0 aromatic heterocycles. The Hall–Kier alpha value is -1.83. The zero-order valence-corrected chi connectivity index (χ0v) is 16.2. The lowest BCUT2D eigenvalue weighted by Crippen LogP contribution is -2.54. The van der Waals surface area contributed by atoms with E-state index in [1.807, 2.05) is 0 Å². The number of hydrogen-bond donors (Lipinski definition) is 2. The molecule has 0 atom stereocenters. The van der Waals surface area contributed by atoms with Crippen molar-refractivity contribution in [1.82, 2.24) is 4.90 Å². The number of likely N-dealkylation sites (tertiary alicyclic amines) is 1. The van der Waals surface area contributed by atoms with E-state index in [2.05, 4.69) is 11.9 Å². The Morgan fingerprint density at radius 2 is 1.79 bits per heavy atom. The minimum Gasteiger partial charge on any atom is -0.394 e. The number of amides is 1. The van der Waals surface area contributed by atoms with E-state index >= 15 is 0 Å². The molecular weight excluding hydrogens is 371 g/mol. The highest BCUT2D eigenvalue weighted by molar-refractivity contribution is 6.09. The van der Waals surface area contributed by atoms with Gasteiger partial charge in [0.2, 0.25) is 0 Å². The minimum absolute atomic E-state index is 0.0858. The van der Waals surface area contributed by atoms with E-state index in [4.69, 9.17) is 5.73 Å². The second-order valence-corrected chi connectivity index (χ2v) is 8.07. The van der Waals surface area contributed by atoms with Crippen molar-refractivity contribution in [1.29, 1.82) is 0 Å². The fourth-order valence-electron chi connectivity index (χ4n) is 3.96. The highest BCUT2D eigenvalue weighted by Gasteiger charge is 2.55. The Labute approximate surface area is 163 Å². The molecule has 0 aromatic carbocycles. The lowest BCUT2D eigenvalue weighted by Gasteiger charge is -2.39. The Balaban J connectivity index is 1.68. The van der Waals surface area contributed by atoms with Crippen LogP contribution < -0.4 is 5.73 Å². The molecule has 3 rings (SSSR count). The molecule has 156 valence electrons. The number of halogens is 3. The molecule has 5 nitrogen and oxygen atoms in total. The van der Waals surface area contributed by atoms with Gasteiger partial charge in [-0.3, -0.25) is 9.79 Å². The maximum Gasteiger partial charge on any atom is 0.417 e. The molecule has 1 amide bonds. The van der Waals surface area contributed by atoms with Crippen LogP contribution >= 0.6 is 0 Å². The van der Waals surface area contributed by atoms with E-state index in [1.54, 1.807) is 0 Å². The van der Waals surface area contributed by atoms with Crippen LogP contribution in [0.4, 0.5) is 13.2 Å². The van der Waals surface area contributed by atoms with Crippen LogP contribution in [0.1, 0.15) is 58.3 Å². The van der Waals surface area contributed by atoms with Crippen molar-refractivity contribution in [3.63, 3.8) is 0 Å². The molecule has 0 bridgehead atoms. The summed E-state index contributed by atoms with van der Waals surface area (Å²) in [5, 5.41) is 9.76. The van der Waals surface area contributed by atoms with Gasteiger partial charge in [0.05, 0.1) is 6.54 Å². The van der Waals surface area contributed by atoms with Crippen molar-refractivity contribution < 1.29 is 23.1 Å². The summed E-state index contributed by atoms with van der Waals surface area (Å²) in [6.07, 6.45) is 0.0483. The first-order valence-electron chi connectivity index (χ1n) is 9.90. The van der Waals surface area contributed by atoms with Gasteiger partial charge >= 0.3 is 6.18 Å². The van der Waals surface area contributed by atoms with E-state index in [0.717, 1.165) is 37.0 Å². The van der Waals surface area contributed by atoms with Crippen LogP contribution in [0, 0.1) is 0 Å². The van der Waals surface area contributed by atoms with E-state index < -0.39 is 30.5 Å². The average Bonchev–Trinajstić information content (AvgIpc) is 3.05. The van der Waals surface area contributed by atoms with Gasteiger partial charge in [0, 0.05) is 37.2 Å². The smallest absolute Gasteiger partial charge is 0.394 e. The molecule has 28 heavy (non-hydrogen) atoms. The van der Waals surface area contributed by atoms with Gasteiger partial charge in [-0.05, 0) is 45.4 Å². The number of aliphatic imine (C=N–C) groups is 1. The molecule has 1 aliphatic heterocycles. The number of nitrogens with two attached hydrogens (primary N) is 1. The molecule has 2 saturated carbocycles. The zero-order chi connectivity index (χ0) is 20.5. The SMILES string of the molecule is CC(CN=C1CCC/C1=C(/N)C(=O)N1CCC(O)(C(F)(F)F)CC1)=C1CCC1. The highest BCUT2D eigenvalue weighted by Crippen LogP contribution is 2.38. The third-order valence-corrected chi connectivity index (χ3v) is 6.22. The van der Waals surface area contributed by atoms with Crippen molar-refractivity contribution in [2.24, 2.45) is 10.7 Å². The number of rotatable bonds is 3. The Morgan fingerprint density at radius 3 is 2.32 bits per heavy atom. The molecule has 0 unspecified atom stereocenters. The fraction of sp³-hybridized carbons (Fsp3) is 0.700. The van der Waals surface area contributed by atoms with Crippen LogP contribution in [0.2, 0.25) is 0 Å². The van der Waals surface area contributed by atoms with Crippen molar-refractivity contribution in [3.05, 3.63) is 22.4 Å². The normalized spacial score (nSPS) is 25.7. The number of alkyl halides is 3. The van der Waals surface area contributed by atoms with Crippen LogP contribution in [-0.4, -0.2) is 53.0 Å². The third-order valence-electron chi connectivity index (χ3n) is 6.22. The summed E-state index contributed by atoms with van der Waals surface area (Å²) in [5.74, 6) is -0.456. The summed E-state index contributed by atoms with van der Waals surface area (Å²) >= 11 is 0. The monoisotopic (exact) mass is 399 g/mol. The van der Waals surface area contributed by atoms with Crippen LogP contribution in [0.25, 0.3) is 0 Å². The van der Waals surface area contributed by atoms with Crippen molar-refractivity contribution in [2.45, 2.75) is 70.1 Å². The molecule has 3 N–H and O–H groups in total. The summed E-state index contributed by atoms with van der Waals surface area (Å²) < 4.78 is 38.8. The molecule has 0 aromatic rings. The zero-order valence-electron chi connectivity index (χ0n) is 16.2. The molecule has 1 heterocycles. The first-order valence-corrected chi connectivity index (χ1v) is 9.90. The molecule has 8 heteroatoms. The van der Waals surface area contributed by atoms with E-state index in [1.165, 1.54) is 22.5 Å². The van der Waals surface area contributed by atoms with Gasteiger partial charge < -0.3 is 15.7 Å². The maximum atomic E-state index is 12.9. The van der Waals surface area contributed by atoms with Crippen molar-refractivity contribution in [2.75, 3.05) is 19.6 Å². The predicted molar refractivity (Wildman–Crippen MR) is 101 cm³/mol. The summed E-state index contributed by atoms with van der Waals surface area (Å²) in [6, 6.07) is 0. The van der Waals surface area contributed by atoms with Gasteiger partial charge in [-0.2, -0.15) is 13.2 Å². The van der Waals surface area contributed by atoms with Crippen molar-refractivity contribution in [3.8, 4) is 0 Å². The summed E-state index contributed by atoms with van der Waals surface area (Å²) in [5.41, 5.74) is 7.78. The number of piperidine rings is 1. The lowest BCUT2D eigenvalue weighted by atomic mass is 9.88. The number of allylic oxidation sites excluding steroid dienone is 2. The second kappa shape index (κ2) is 7.89. The van der Waals surface area contributed by atoms with Crippen LogP contribution in [-0.2, 0) is 4.79 Å². The summed E-state index contributed by atoms with van der Waals surface area (Å²) in [4.78, 5) is 18.7. The number of carbonyl (C=O) groups excluding carboxylic acids is 1. The molecule has 0 spiro atoms. The molecular formula is C20H28F3N3O2. The number of nitrogens with zero attached hydrogens (tertiary/aromatic N) is 2. The summed E-state index contributed by atoms with van der Waals surface area (Å²) in [7, 11) is 0. The number of aliphatic hydroxyl groups is 1. The van der Waals surface area contributed by atoms with Gasteiger partial charge in [0.15, 0.2) is 5.60 Å². The average molecular weight is 399 g/mol. The van der Waals surface area contributed by atoms with E-state index in [-0.39, 0.29) is 18.8 Å². The predicted octanol–water partition coefficient (Wildman–Crippen LogP) is 3.24. The largest absolute Gasteiger partial charge is 0.417 e. The first kappa shape index (κ1) is 20.9. The topological polar surface area (TPSA) is 78.9 Å². The molecule has 3 aliphatic rings. The standard InChI is InChI=1S/C20H28F3N3O2/c1-13(14-4-2-5-14)12-25-16-7-3-6-15(16)17(24)18(27)26-10-8-19(28,9-11-26)20(21,22)23/h28H,2-12,24H2,1H3/b17-15-,25-16?. The van der Waals surface area contributed by atoms with Crippen LogP contribution in [0.5, 0.6) is 0 Å². The van der Waals surface area contributed by atoms with Crippen LogP contribution in [0.15, 0.2) is 27.4 Å². The van der Waals surface area contributed by atoms with E-state index in [0.29, 0.717) is 13.0 Å². The highest BCUT2D eigenvalue weighted by atomic mass is 19.4. The second-order valence-electron chi connectivity index (χ2n) is 8.07. The Kier molecular flexibility index (Phi) is 5.89. The Bertz CT molecular complexity index is 723. The summed E-state index contributed by atoms with van der Waals surface area (Å²) in [6.45, 7) is 2.36. The van der Waals surface area contributed by atoms with Crippen molar-refractivity contribution >= 4 is 11.6 Å². The first-order chi connectivity index (χ1) is 13.1. The van der Waals surface area contributed by atoms with Crippen LogP contribution in [0.3, 0.4) is 0 Å². The van der Waals surface area contributed by atoms with Gasteiger partial charge in [-0.1, -0.05) is 11.1 Å². The molecule has 0 radical (unpaired) electrons. The van der Waals surface area contributed by atoms with Gasteiger partial charge in [0.1, 0.15) is 5.70 Å². The number of carbonyl (C=O) groups is 1. The molecule has 1 saturated heterocycles. The molecule has 3 fully saturated rings. The maximum absolute atomic E-state index is 12.9. The lowest BCUT2D eigenvalue weighted by molar-refractivity contribution is -0.271. The Morgan fingerprint density at radius 1 is 1.18 bits per heavy atom. The minimum atomic E-state index is -4.69. The van der Waals surface area contributed by atoms with Gasteiger partial charge in [-0.25, -0.2) is 0 Å². The van der Waals surface area contributed by atoms with Gasteiger partial charge in [-0.15, -0.1) is 0 Å². The van der Waals surface area contributed by atoms with Gasteiger partial charge in [0.25, 0.3) is 5.91 Å².